The van der Waals surface area contributed by atoms with Crippen LogP contribution in [0.3, 0.4) is 0 Å². The van der Waals surface area contributed by atoms with Gasteiger partial charge in [-0.3, -0.25) is 0 Å². The van der Waals surface area contributed by atoms with Gasteiger partial charge in [0, 0.05) is 21.2 Å². The molecular formula is C17H11Cl2F7N2O. The number of hydrazone groups is 1. The molecule has 12 heteroatoms. The molecule has 0 amide bonds. The molecule has 158 valence electrons. The minimum Gasteiger partial charge on any atom is -0.488 e. The van der Waals surface area contributed by atoms with Crippen LogP contribution in [-0.2, 0) is 6.61 Å². The molecule has 2 rings (SSSR count). The predicted molar refractivity (Wildman–Crippen MR) is 93.9 cm³/mol. The Bertz CT molecular complexity index is 888. The van der Waals surface area contributed by atoms with Gasteiger partial charge in [-0.2, -0.15) is 35.8 Å². The molecule has 0 saturated carbocycles. The van der Waals surface area contributed by atoms with Crippen LogP contribution in [-0.4, -0.2) is 24.4 Å². The fraction of sp³-hybridized carbons (Fsp3) is 0.235. The van der Waals surface area contributed by atoms with E-state index in [2.05, 4.69) is 5.10 Å². The third-order valence-corrected chi connectivity index (χ3v) is 4.06. The second-order valence-electron chi connectivity index (χ2n) is 5.58. The van der Waals surface area contributed by atoms with Gasteiger partial charge in [0.2, 0.25) is 0 Å². The molecule has 0 aliphatic rings. The summed E-state index contributed by atoms with van der Waals surface area (Å²) in [4.78, 5) is 0. The van der Waals surface area contributed by atoms with Crippen molar-refractivity contribution in [3.05, 3.63) is 63.6 Å². The summed E-state index contributed by atoms with van der Waals surface area (Å²) in [7, 11) is 0. The van der Waals surface area contributed by atoms with E-state index in [1.807, 2.05) is 0 Å². The number of hydrogen-bond donors (Lipinski definition) is 1. The fourth-order valence-electron chi connectivity index (χ4n) is 1.94. The molecule has 0 atom stereocenters. The molecule has 2 aromatic carbocycles. The maximum atomic E-state index is 13.2. The summed E-state index contributed by atoms with van der Waals surface area (Å²) < 4.78 is 93.8. The zero-order chi connectivity index (χ0) is 21.9. The van der Waals surface area contributed by atoms with Gasteiger partial charge in [0.1, 0.15) is 12.4 Å². The first kappa shape index (κ1) is 23.1. The minimum atomic E-state index is -6.46. The lowest BCUT2D eigenvalue weighted by Gasteiger charge is -2.27. The summed E-state index contributed by atoms with van der Waals surface area (Å²) in [6.45, 7) is -0.0589. The first-order valence-electron chi connectivity index (χ1n) is 7.63. The molecule has 1 N–H and O–H groups in total. The Hall–Kier alpha value is -2.20. The van der Waals surface area contributed by atoms with Crippen LogP contribution in [0.2, 0.25) is 10.0 Å². The van der Waals surface area contributed by atoms with Gasteiger partial charge in [-0.25, -0.2) is 5.43 Å². The van der Waals surface area contributed by atoms with E-state index in [9.17, 15) is 30.7 Å². The van der Waals surface area contributed by atoms with Crippen molar-refractivity contribution in [1.29, 1.82) is 0 Å². The van der Waals surface area contributed by atoms with Gasteiger partial charge in [0.25, 0.3) is 0 Å². The minimum absolute atomic E-state index is 0.0382. The highest BCUT2D eigenvalue weighted by Gasteiger charge is 2.73. The summed E-state index contributed by atoms with van der Waals surface area (Å²) in [5.41, 5.74) is 1.12. The first-order chi connectivity index (χ1) is 13.3. The number of rotatable bonds is 7. The average Bonchev–Trinajstić information content (AvgIpc) is 2.61. The molecule has 2 aromatic rings. The molecule has 29 heavy (non-hydrogen) atoms. The Kier molecular flexibility index (Phi) is 6.89. The second-order valence-corrected chi connectivity index (χ2v) is 6.42. The molecule has 0 fully saturated rings. The largest absolute Gasteiger partial charge is 0.488 e. The third kappa shape index (κ3) is 5.45. The summed E-state index contributed by atoms with van der Waals surface area (Å²) in [6, 6.07) is 4.67. The van der Waals surface area contributed by atoms with Crippen molar-refractivity contribution in [2.75, 3.05) is 0 Å². The van der Waals surface area contributed by atoms with E-state index in [1.165, 1.54) is 30.3 Å². The van der Waals surface area contributed by atoms with Crippen molar-refractivity contribution in [2.24, 2.45) is 5.10 Å². The van der Waals surface area contributed by atoms with Crippen molar-refractivity contribution in [2.45, 2.75) is 24.8 Å². The van der Waals surface area contributed by atoms with Gasteiger partial charge in [-0.1, -0.05) is 41.4 Å². The van der Waals surface area contributed by atoms with Crippen LogP contribution in [0.15, 0.2) is 47.6 Å². The lowest BCUT2D eigenvalue weighted by Crippen LogP contribution is -2.58. The Balaban J connectivity index is 2.12. The quantitative estimate of drug-likeness (QED) is 0.227. The zero-order valence-corrected chi connectivity index (χ0v) is 15.6. The van der Waals surface area contributed by atoms with Gasteiger partial charge < -0.3 is 4.74 Å². The molecule has 0 aliphatic carbocycles. The van der Waals surface area contributed by atoms with Crippen LogP contribution in [0, 0.1) is 0 Å². The predicted octanol–water partition coefficient (Wildman–Crippen LogP) is 6.29. The van der Waals surface area contributed by atoms with Gasteiger partial charge in [-0.15, -0.1) is 0 Å². The number of nitrogens with zero attached hydrogens (tertiary/aromatic N) is 1. The van der Waals surface area contributed by atoms with E-state index >= 15 is 0 Å². The number of ether oxygens (including phenoxy) is 1. The van der Waals surface area contributed by atoms with Crippen molar-refractivity contribution < 1.29 is 35.5 Å². The molecule has 0 saturated heterocycles. The Morgan fingerprint density at radius 3 is 2.24 bits per heavy atom. The van der Waals surface area contributed by atoms with E-state index in [0.717, 1.165) is 0 Å². The smallest absolute Gasteiger partial charge is 0.462 e. The maximum Gasteiger partial charge on any atom is 0.462 e. The number of benzene rings is 2. The van der Waals surface area contributed by atoms with Crippen molar-refractivity contribution in [1.82, 2.24) is 5.43 Å². The molecule has 0 spiro atoms. The Morgan fingerprint density at radius 1 is 0.966 bits per heavy atom. The van der Waals surface area contributed by atoms with E-state index < -0.39 is 18.1 Å². The fourth-order valence-corrected chi connectivity index (χ4v) is 2.41. The van der Waals surface area contributed by atoms with Gasteiger partial charge >= 0.3 is 18.1 Å². The molecule has 0 radical (unpaired) electrons. The molecule has 3 nitrogen and oxygen atoms in total. The van der Waals surface area contributed by atoms with E-state index in [4.69, 9.17) is 27.9 Å². The van der Waals surface area contributed by atoms with Gasteiger partial charge in [0.15, 0.2) is 0 Å². The molecule has 0 aromatic heterocycles. The van der Waals surface area contributed by atoms with Crippen LogP contribution in [0.5, 0.6) is 5.75 Å². The lowest BCUT2D eigenvalue weighted by molar-refractivity contribution is -0.361. The maximum absolute atomic E-state index is 13.2. The normalized spacial score (nSPS) is 13.0. The van der Waals surface area contributed by atoms with Crippen molar-refractivity contribution >= 4 is 29.4 Å². The summed E-state index contributed by atoms with van der Waals surface area (Å²) >= 11 is 11.8. The zero-order valence-electron chi connectivity index (χ0n) is 14.1. The standard InChI is InChI=1S/C17H11Cl2F7N2O/c18-12-6-5-11(13(19)7-12)9-29-14-4-2-1-3-10(14)8-27-28-17(25,26)15(20,21)16(22,23)24/h1-8,28H,9H2/b27-8-. The van der Waals surface area contributed by atoms with Crippen LogP contribution in [0.25, 0.3) is 0 Å². The highest BCUT2D eigenvalue weighted by Crippen LogP contribution is 2.45. The molecular weight excluding hydrogens is 452 g/mol. The molecule has 0 heterocycles. The van der Waals surface area contributed by atoms with Crippen molar-refractivity contribution in [3.8, 4) is 5.75 Å². The third-order valence-electron chi connectivity index (χ3n) is 3.48. The lowest BCUT2D eigenvalue weighted by atomic mass is 10.2. The van der Waals surface area contributed by atoms with Crippen LogP contribution >= 0.6 is 23.2 Å². The van der Waals surface area contributed by atoms with Crippen LogP contribution in [0.4, 0.5) is 30.7 Å². The van der Waals surface area contributed by atoms with E-state index in [-0.39, 0.29) is 17.9 Å². The monoisotopic (exact) mass is 462 g/mol. The number of halogens is 9. The number of para-hydroxylation sites is 1. The second kappa shape index (κ2) is 8.66. The average molecular weight is 463 g/mol. The van der Waals surface area contributed by atoms with E-state index in [1.54, 1.807) is 12.1 Å². The van der Waals surface area contributed by atoms with Crippen LogP contribution < -0.4 is 10.2 Å². The molecule has 0 bridgehead atoms. The Labute approximate surface area is 170 Å². The molecule has 0 unspecified atom stereocenters. The Morgan fingerprint density at radius 2 is 1.62 bits per heavy atom. The highest BCUT2D eigenvalue weighted by atomic mass is 35.5. The summed E-state index contributed by atoms with van der Waals surface area (Å²) in [5, 5.41) is 3.51. The molecule has 0 aliphatic heterocycles. The topological polar surface area (TPSA) is 33.6 Å². The number of alkyl halides is 7. The van der Waals surface area contributed by atoms with Gasteiger partial charge in [0.05, 0.1) is 6.21 Å². The SMILES string of the molecule is FC(F)(F)C(F)(F)C(F)(F)N/N=C\c1ccccc1OCc1ccc(Cl)cc1Cl. The van der Waals surface area contributed by atoms with Gasteiger partial charge in [-0.05, 0) is 24.3 Å². The number of hydrogen-bond acceptors (Lipinski definition) is 3. The number of nitrogens with one attached hydrogen (secondary N) is 1. The summed E-state index contributed by atoms with van der Waals surface area (Å²) in [5.74, 6) is -6.23. The first-order valence-corrected chi connectivity index (χ1v) is 8.39. The summed E-state index contributed by atoms with van der Waals surface area (Å²) in [6.07, 6.45) is -5.84. The highest BCUT2D eigenvalue weighted by molar-refractivity contribution is 6.35. The van der Waals surface area contributed by atoms with E-state index in [0.29, 0.717) is 27.2 Å². The van der Waals surface area contributed by atoms with Crippen molar-refractivity contribution in [3.63, 3.8) is 0 Å². The van der Waals surface area contributed by atoms with Crippen LogP contribution in [0.1, 0.15) is 11.1 Å².